The lowest BCUT2D eigenvalue weighted by Crippen LogP contribution is -2.57. The predicted octanol–water partition coefficient (Wildman–Crippen LogP) is -2.85. The highest BCUT2D eigenvalue weighted by molar-refractivity contribution is 7.80. The van der Waals surface area contributed by atoms with E-state index >= 15 is 0 Å². The van der Waals surface area contributed by atoms with Crippen molar-refractivity contribution in [2.45, 2.75) is 37.6 Å². The predicted molar refractivity (Wildman–Crippen MR) is 77.3 cm³/mol. The van der Waals surface area contributed by atoms with E-state index in [1.807, 2.05) is 5.32 Å². The van der Waals surface area contributed by atoms with E-state index in [0.717, 1.165) is 0 Å². The van der Waals surface area contributed by atoms with Crippen LogP contribution in [0.1, 0.15) is 13.3 Å². The number of hydrogen-bond acceptors (Lipinski definition) is 7. The Morgan fingerprint density at radius 3 is 2.05 bits per heavy atom. The third kappa shape index (κ3) is 6.74. The third-order valence-corrected chi connectivity index (χ3v) is 2.96. The number of aliphatic hydroxyl groups excluding tert-OH is 1. The molecule has 0 aromatic heterocycles. The first-order valence-electron chi connectivity index (χ1n) is 6.20. The number of nitrogens with one attached hydrogen (secondary N) is 2. The minimum Gasteiger partial charge on any atom is -0.481 e. The quantitative estimate of drug-likeness (QED) is 0.220. The van der Waals surface area contributed by atoms with Crippen LogP contribution in [0.4, 0.5) is 0 Å². The summed E-state index contributed by atoms with van der Waals surface area (Å²) in [6.07, 6.45) is -1.98. The van der Waals surface area contributed by atoms with Crippen molar-refractivity contribution in [2.24, 2.45) is 5.73 Å². The lowest BCUT2D eigenvalue weighted by atomic mass is 10.1. The molecule has 22 heavy (non-hydrogen) atoms. The summed E-state index contributed by atoms with van der Waals surface area (Å²) in [6, 6.07) is -4.14. The van der Waals surface area contributed by atoms with E-state index in [4.69, 9.17) is 15.9 Å². The van der Waals surface area contributed by atoms with E-state index < -0.39 is 54.4 Å². The molecule has 0 fully saturated rings. The molecule has 126 valence electrons. The zero-order valence-corrected chi connectivity index (χ0v) is 12.6. The molecule has 0 bridgehead atoms. The van der Waals surface area contributed by atoms with Crippen molar-refractivity contribution in [3.8, 4) is 0 Å². The Labute approximate surface area is 131 Å². The molecule has 7 N–H and O–H groups in total. The maximum Gasteiger partial charge on any atom is 0.328 e. The summed E-state index contributed by atoms with van der Waals surface area (Å²) in [5.74, 6) is -4.69. The molecule has 0 unspecified atom stereocenters. The number of aliphatic carboxylic acids is 2. The Kier molecular flexibility index (Phi) is 8.45. The smallest absolute Gasteiger partial charge is 0.328 e. The summed E-state index contributed by atoms with van der Waals surface area (Å²) in [5, 5.41) is 30.9. The highest BCUT2D eigenvalue weighted by atomic mass is 32.1. The van der Waals surface area contributed by atoms with Crippen molar-refractivity contribution >= 4 is 36.4 Å². The first kappa shape index (κ1) is 20.1. The summed E-state index contributed by atoms with van der Waals surface area (Å²) in [4.78, 5) is 44.8. The molecular formula is C11H19N3O7S. The number of nitrogens with two attached hydrogens (primary N) is 1. The minimum atomic E-state index is -1.56. The maximum absolute atomic E-state index is 11.9. The molecule has 0 aromatic rings. The van der Waals surface area contributed by atoms with Crippen molar-refractivity contribution < 1.29 is 34.5 Å². The van der Waals surface area contributed by atoms with Crippen LogP contribution in [0.5, 0.6) is 0 Å². The van der Waals surface area contributed by atoms with Gasteiger partial charge in [0.1, 0.15) is 6.04 Å². The standard InChI is InChI=1S/C11H19N3O7S/c1-4(15)8(11(20)21)14-10(19)6(3-22)13-9(18)5(12)2-7(16)17/h4-6,8,15,22H,2-3,12H2,1H3,(H,13,18)(H,14,19)(H,16,17)(H,20,21)/t4-,5+,6+,8+/m1/s1. The summed E-state index contributed by atoms with van der Waals surface area (Å²) in [7, 11) is 0. The Morgan fingerprint density at radius 2 is 1.68 bits per heavy atom. The van der Waals surface area contributed by atoms with Crippen LogP contribution in [0.15, 0.2) is 0 Å². The van der Waals surface area contributed by atoms with Crippen molar-refractivity contribution in [1.82, 2.24) is 10.6 Å². The van der Waals surface area contributed by atoms with E-state index in [2.05, 4.69) is 17.9 Å². The van der Waals surface area contributed by atoms with E-state index in [-0.39, 0.29) is 5.75 Å². The fraction of sp³-hybridized carbons (Fsp3) is 0.636. The number of amides is 2. The van der Waals surface area contributed by atoms with Gasteiger partial charge in [0.25, 0.3) is 0 Å². The average Bonchev–Trinajstić information content (AvgIpc) is 2.39. The fourth-order valence-electron chi connectivity index (χ4n) is 1.40. The first-order chi connectivity index (χ1) is 10.1. The maximum atomic E-state index is 11.9. The van der Waals surface area contributed by atoms with Gasteiger partial charge in [0.15, 0.2) is 6.04 Å². The molecule has 2 amide bonds. The van der Waals surface area contributed by atoms with Gasteiger partial charge in [-0.3, -0.25) is 14.4 Å². The van der Waals surface area contributed by atoms with Gasteiger partial charge in [0, 0.05) is 5.75 Å². The van der Waals surface area contributed by atoms with Crippen molar-refractivity contribution in [3.63, 3.8) is 0 Å². The van der Waals surface area contributed by atoms with Gasteiger partial charge in [-0.15, -0.1) is 0 Å². The van der Waals surface area contributed by atoms with Crippen molar-refractivity contribution in [3.05, 3.63) is 0 Å². The number of rotatable bonds is 9. The molecule has 0 rings (SSSR count). The zero-order chi connectivity index (χ0) is 17.4. The average molecular weight is 337 g/mol. The molecule has 11 heteroatoms. The number of carboxylic acids is 2. The monoisotopic (exact) mass is 337 g/mol. The summed E-state index contributed by atoms with van der Waals surface area (Å²) in [5.41, 5.74) is 5.34. The molecule has 0 aliphatic heterocycles. The molecular weight excluding hydrogens is 318 g/mol. The van der Waals surface area contributed by atoms with Crippen molar-refractivity contribution in [2.75, 3.05) is 5.75 Å². The lowest BCUT2D eigenvalue weighted by molar-refractivity contribution is -0.145. The highest BCUT2D eigenvalue weighted by Gasteiger charge is 2.30. The topological polar surface area (TPSA) is 179 Å². The van der Waals surface area contributed by atoms with Crippen LogP contribution in [-0.2, 0) is 19.2 Å². The Balaban J connectivity index is 4.75. The molecule has 0 radical (unpaired) electrons. The van der Waals surface area contributed by atoms with E-state index in [1.54, 1.807) is 0 Å². The first-order valence-corrected chi connectivity index (χ1v) is 6.83. The van der Waals surface area contributed by atoms with Crippen LogP contribution >= 0.6 is 12.6 Å². The van der Waals surface area contributed by atoms with E-state index in [0.29, 0.717) is 0 Å². The van der Waals surface area contributed by atoms with Gasteiger partial charge in [0.05, 0.1) is 18.6 Å². The number of thiol groups is 1. The number of carbonyl (C=O) groups is 4. The van der Waals surface area contributed by atoms with Crippen molar-refractivity contribution in [1.29, 1.82) is 0 Å². The molecule has 0 spiro atoms. The number of carboxylic acid groups (broad SMARTS) is 2. The number of hydrogen-bond donors (Lipinski definition) is 7. The molecule has 0 saturated heterocycles. The highest BCUT2D eigenvalue weighted by Crippen LogP contribution is 1.98. The Bertz CT molecular complexity index is 443. The fourth-order valence-corrected chi connectivity index (χ4v) is 1.65. The van der Waals surface area contributed by atoms with Gasteiger partial charge in [-0.05, 0) is 6.92 Å². The van der Waals surface area contributed by atoms with Gasteiger partial charge in [-0.2, -0.15) is 12.6 Å². The van der Waals surface area contributed by atoms with Gasteiger partial charge >= 0.3 is 11.9 Å². The van der Waals surface area contributed by atoms with Crippen LogP contribution < -0.4 is 16.4 Å². The van der Waals surface area contributed by atoms with Gasteiger partial charge in [0.2, 0.25) is 11.8 Å². The summed E-state index contributed by atoms with van der Waals surface area (Å²) in [6.45, 7) is 1.18. The summed E-state index contributed by atoms with van der Waals surface area (Å²) >= 11 is 3.85. The Morgan fingerprint density at radius 1 is 1.14 bits per heavy atom. The van der Waals surface area contributed by atoms with Gasteiger partial charge in [-0.1, -0.05) is 0 Å². The van der Waals surface area contributed by atoms with Crippen LogP contribution in [0.25, 0.3) is 0 Å². The molecule has 4 atom stereocenters. The molecule has 0 heterocycles. The Hall–Kier alpha value is -1.85. The molecule has 0 aliphatic rings. The van der Waals surface area contributed by atoms with E-state index in [9.17, 15) is 24.3 Å². The van der Waals surface area contributed by atoms with Crippen LogP contribution in [0, 0.1) is 0 Å². The summed E-state index contributed by atoms with van der Waals surface area (Å²) < 4.78 is 0. The molecule has 10 nitrogen and oxygen atoms in total. The SMILES string of the molecule is C[C@@H](O)[C@H](NC(=O)[C@H](CS)NC(=O)[C@@H](N)CC(=O)O)C(=O)O. The molecule has 0 saturated carbocycles. The van der Waals surface area contributed by atoms with Gasteiger partial charge < -0.3 is 31.7 Å². The second-order valence-electron chi connectivity index (χ2n) is 4.51. The van der Waals surface area contributed by atoms with Crippen LogP contribution in [0.3, 0.4) is 0 Å². The largest absolute Gasteiger partial charge is 0.481 e. The lowest BCUT2D eigenvalue weighted by Gasteiger charge is -2.22. The molecule has 0 aromatic carbocycles. The second kappa shape index (κ2) is 9.23. The van der Waals surface area contributed by atoms with E-state index in [1.165, 1.54) is 6.92 Å². The molecule has 0 aliphatic carbocycles. The third-order valence-electron chi connectivity index (χ3n) is 2.59. The van der Waals surface area contributed by atoms with Crippen LogP contribution in [0.2, 0.25) is 0 Å². The minimum absolute atomic E-state index is 0.177. The second-order valence-corrected chi connectivity index (χ2v) is 4.88. The zero-order valence-electron chi connectivity index (χ0n) is 11.7. The number of aliphatic hydroxyl groups is 1. The number of carbonyl (C=O) groups excluding carboxylic acids is 2. The van der Waals surface area contributed by atoms with Gasteiger partial charge in [-0.25, -0.2) is 4.79 Å². The normalized spacial score (nSPS) is 16.0. The van der Waals surface area contributed by atoms with Crippen LogP contribution in [-0.4, -0.2) is 69.1 Å².